The number of primary amides is 1. The summed E-state index contributed by atoms with van der Waals surface area (Å²) < 4.78 is 16.5. The molecule has 19 heavy (non-hydrogen) atoms. The fourth-order valence-electron chi connectivity index (χ4n) is 1.71. The Morgan fingerprint density at radius 1 is 1.32 bits per heavy atom. The van der Waals surface area contributed by atoms with Crippen LogP contribution in [0.4, 0.5) is 4.79 Å². The normalized spacial score (nSPS) is 20.3. The van der Waals surface area contributed by atoms with Crippen LogP contribution in [-0.2, 0) is 9.31 Å². The van der Waals surface area contributed by atoms with Gasteiger partial charge in [-0.05, 0) is 39.2 Å². The molecule has 0 spiro atoms. The highest BCUT2D eigenvalue weighted by molar-refractivity contribution is 6.62. The average Bonchev–Trinajstić information content (AvgIpc) is 2.47. The number of carbonyl (C=O) groups is 1. The van der Waals surface area contributed by atoms with Gasteiger partial charge in [0.25, 0.3) is 0 Å². The van der Waals surface area contributed by atoms with Crippen LogP contribution in [0, 0.1) is 0 Å². The molecule has 2 N–H and O–H groups in total. The van der Waals surface area contributed by atoms with Crippen LogP contribution in [0.3, 0.4) is 0 Å². The van der Waals surface area contributed by atoms with E-state index in [0.717, 1.165) is 5.46 Å². The summed E-state index contributed by atoms with van der Waals surface area (Å²) in [5.74, 6) is 0.125. The van der Waals surface area contributed by atoms with Crippen LogP contribution in [0.1, 0.15) is 27.7 Å². The number of hydrogen-bond acceptors (Lipinski definition) is 5. The molecule has 1 fully saturated rings. The van der Waals surface area contributed by atoms with Gasteiger partial charge in [-0.15, -0.1) is 0 Å². The molecule has 102 valence electrons. The zero-order valence-corrected chi connectivity index (χ0v) is 11.5. The third kappa shape index (κ3) is 2.72. The van der Waals surface area contributed by atoms with Crippen LogP contribution in [0.2, 0.25) is 0 Å². The molecule has 7 heteroatoms. The summed E-state index contributed by atoms with van der Waals surface area (Å²) in [7, 11) is -0.525. The van der Waals surface area contributed by atoms with Crippen molar-refractivity contribution < 1.29 is 18.8 Å². The predicted octanol–water partition coefficient (Wildman–Crippen LogP) is 0.838. The zero-order valence-electron chi connectivity index (χ0n) is 11.5. The molecule has 0 bridgehead atoms. The van der Waals surface area contributed by atoms with Crippen molar-refractivity contribution in [3.8, 4) is 5.88 Å². The monoisotopic (exact) mass is 264 g/mol. The number of carbonyl (C=O) groups excluding carboxylic acids is 1. The van der Waals surface area contributed by atoms with Gasteiger partial charge in [-0.2, -0.15) is 0 Å². The van der Waals surface area contributed by atoms with Gasteiger partial charge in [0.15, 0.2) is 0 Å². The molecule has 0 radical (unpaired) electrons. The van der Waals surface area contributed by atoms with E-state index >= 15 is 0 Å². The van der Waals surface area contributed by atoms with Gasteiger partial charge in [0.2, 0.25) is 5.88 Å². The Hall–Kier alpha value is -1.60. The first-order valence-electron chi connectivity index (χ1n) is 6.00. The quantitative estimate of drug-likeness (QED) is 0.800. The minimum absolute atomic E-state index is 0.125. The van der Waals surface area contributed by atoms with Gasteiger partial charge in [0.1, 0.15) is 0 Å². The Kier molecular flexibility index (Phi) is 3.28. The van der Waals surface area contributed by atoms with Gasteiger partial charge < -0.3 is 19.8 Å². The molecule has 1 saturated heterocycles. The molecule has 2 heterocycles. The SMILES string of the molecule is CC1(C)OB(c2ccnc(OC(N)=O)c2)OC1(C)C. The fraction of sp³-hybridized carbons (Fsp3) is 0.500. The molecule has 2 rings (SSSR count). The van der Waals surface area contributed by atoms with E-state index in [1.807, 2.05) is 27.7 Å². The second-order valence-corrected chi connectivity index (χ2v) is 5.44. The molecule has 0 aliphatic carbocycles. The number of amides is 1. The molecule has 1 aromatic rings. The average molecular weight is 264 g/mol. The van der Waals surface area contributed by atoms with Gasteiger partial charge in [0.05, 0.1) is 11.2 Å². The number of pyridine rings is 1. The van der Waals surface area contributed by atoms with Gasteiger partial charge >= 0.3 is 13.2 Å². The zero-order chi connectivity index (χ0) is 14.3. The lowest BCUT2D eigenvalue weighted by Gasteiger charge is -2.32. The Labute approximate surface area is 112 Å². The highest BCUT2D eigenvalue weighted by Gasteiger charge is 2.51. The first-order chi connectivity index (χ1) is 8.71. The Morgan fingerprint density at radius 2 is 1.89 bits per heavy atom. The molecule has 6 nitrogen and oxygen atoms in total. The standard InChI is InChI=1S/C12H17BN2O4/c1-11(2)12(3,4)19-13(18-11)8-5-6-15-9(7-8)17-10(14)16/h5-7H,1-4H3,(H2,14,16). The molecule has 1 aliphatic heterocycles. The number of ether oxygens (including phenoxy) is 1. The van der Waals surface area contributed by atoms with Crippen molar-refractivity contribution in [3.05, 3.63) is 18.3 Å². The predicted molar refractivity (Wildman–Crippen MR) is 70.2 cm³/mol. The summed E-state index contributed by atoms with van der Waals surface area (Å²) in [5.41, 5.74) is 4.83. The number of aromatic nitrogens is 1. The topological polar surface area (TPSA) is 83.7 Å². The molecular formula is C12H17BN2O4. The number of nitrogens with two attached hydrogens (primary N) is 1. The van der Waals surface area contributed by atoms with E-state index < -0.39 is 24.4 Å². The third-order valence-corrected chi connectivity index (χ3v) is 3.49. The van der Waals surface area contributed by atoms with E-state index in [2.05, 4.69) is 4.98 Å². The first-order valence-corrected chi connectivity index (χ1v) is 6.00. The molecule has 1 amide bonds. The maximum absolute atomic E-state index is 10.7. The van der Waals surface area contributed by atoms with Crippen LogP contribution in [0.15, 0.2) is 18.3 Å². The maximum atomic E-state index is 10.7. The smallest absolute Gasteiger partial charge is 0.399 e. The molecule has 0 unspecified atom stereocenters. The van der Waals surface area contributed by atoms with Crippen LogP contribution in [0.5, 0.6) is 5.88 Å². The van der Waals surface area contributed by atoms with Crippen LogP contribution < -0.4 is 15.9 Å². The van der Waals surface area contributed by atoms with Gasteiger partial charge in [-0.25, -0.2) is 9.78 Å². The van der Waals surface area contributed by atoms with E-state index in [-0.39, 0.29) is 5.88 Å². The molecule has 1 aromatic heterocycles. The lowest BCUT2D eigenvalue weighted by molar-refractivity contribution is 0.00578. The summed E-state index contributed by atoms with van der Waals surface area (Å²) in [6.07, 6.45) is 0.608. The van der Waals surface area contributed by atoms with Gasteiger partial charge in [-0.3, -0.25) is 0 Å². The van der Waals surface area contributed by atoms with Crippen molar-refractivity contribution in [2.75, 3.05) is 0 Å². The van der Waals surface area contributed by atoms with Crippen molar-refractivity contribution in [2.24, 2.45) is 5.73 Å². The highest BCUT2D eigenvalue weighted by atomic mass is 16.7. The van der Waals surface area contributed by atoms with Crippen molar-refractivity contribution >= 4 is 18.7 Å². The third-order valence-electron chi connectivity index (χ3n) is 3.49. The van der Waals surface area contributed by atoms with E-state index in [0.29, 0.717) is 0 Å². The fourth-order valence-corrected chi connectivity index (χ4v) is 1.71. The second kappa shape index (κ2) is 4.50. The van der Waals surface area contributed by atoms with Gasteiger partial charge in [0, 0.05) is 12.3 Å². The van der Waals surface area contributed by atoms with E-state index in [9.17, 15) is 4.79 Å². The Balaban J connectivity index is 2.22. The van der Waals surface area contributed by atoms with Crippen molar-refractivity contribution in [2.45, 2.75) is 38.9 Å². The molecule has 0 saturated carbocycles. The minimum atomic E-state index is -0.904. The summed E-state index contributed by atoms with van der Waals surface area (Å²) >= 11 is 0. The minimum Gasteiger partial charge on any atom is -0.399 e. The van der Waals surface area contributed by atoms with Crippen molar-refractivity contribution in [1.29, 1.82) is 0 Å². The van der Waals surface area contributed by atoms with E-state index in [4.69, 9.17) is 19.8 Å². The molecular weight excluding hydrogens is 247 g/mol. The number of hydrogen-bond donors (Lipinski definition) is 1. The Morgan fingerprint density at radius 3 is 2.42 bits per heavy atom. The van der Waals surface area contributed by atoms with Crippen LogP contribution >= 0.6 is 0 Å². The lowest BCUT2D eigenvalue weighted by Crippen LogP contribution is -2.41. The first kappa shape index (κ1) is 13.8. The number of rotatable bonds is 2. The van der Waals surface area contributed by atoms with Crippen molar-refractivity contribution in [3.63, 3.8) is 0 Å². The summed E-state index contributed by atoms with van der Waals surface area (Å²) in [6, 6.07) is 3.32. The lowest BCUT2D eigenvalue weighted by atomic mass is 9.80. The van der Waals surface area contributed by atoms with Crippen LogP contribution in [0.25, 0.3) is 0 Å². The Bertz CT molecular complexity index is 488. The second-order valence-electron chi connectivity index (χ2n) is 5.44. The van der Waals surface area contributed by atoms with E-state index in [1.165, 1.54) is 6.20 Å². The largest absolute Gasteiger partial charge is 0.495 e. The van der Waals surface area contributed by atoms with Gasteiger partial charge in [-0.1, -0.05) is 0 Å². The summed E-state index contributed by atoms with van der Waals surface area (Å²) in [6.45, 7) is 7.87. The van der Waals surface area contributed by atoms with E-state index in [1.54, 1.807) is 12.1 Å². The molecule has 0 atom stereocenters. The maximum Gasteiger partial charge on any atom is 0.495 e. The summed E-state index contributed by atoms with van der Waals surface area (Å²) in [4.78, 5) is 14.6. The highest BCUT2D eigenvalue weighted by Crippen LogP contribution is 2.36. The molecule has 1 aliphatic rings. The summed E-state index contributed by atoms with van der Waals surface area (Å²) in [5, 5.41) is 0. The molecule has 0 aromatic carbocycles. The van der Waals surface area contributed by atoms with Crippen LogP contribution in [-0.4, -0.2) is 29.4 Å². The number of nitrogens with zero attached hydrogens (tertiary/aromatic N) is 1. The van der Waals surface area contributed by atoms with Crippen molar-refractivity contribution in [1.82, 2.24) is 4.98 Å².